The van der Waals surface area contributed by atoms with E-state index in [9.17, 15) is 4.79 Å². The highest BCUT2D eigenvalue weighted by molar-refractivity contribution is 9.10. The molecule has 2 aromatic heterocycles. The molecule has 0 radical (unpaired) electrons. The van der Waals surface area contributed by atoms with E-state index in [2.05, 4.69) is 50.0 Å². The molecule has 3 heterocycles. The first-order chi connectivity index (χ1) is 12.6. The average molecular weight is 435 g/mol. The molecule has 136 valence electrons. The summed E-state index contributed by atoms with van der Waals surface area (Å²) >= 11 is 4.92. The van der Waals surface area contributed by atoms with Crippen molar-refractivity contribution in [1.82, 2.24) is 14.6 Å². The van der Waals surface area contributed by atoms with E-state index in [0.717, 1.165) is 40.2 Å². The van der Waals surface area contributed by atoms with Crippen LogP contribution in [0.3, 0.4) is 0 Å². The molecule has 8 heteroatoms. The summed E-state index contributed by atoms with van der Waals surface area (Å²) in [5.74, 6) is 0. The third-order valence-electron chi connectivity index (χ3n) is 4.37. The van der Waals surface area contributed by atoms with Crippen LogP contribution in [-0.2, 0) is 11.2 Å². The lowest BCUT2D eigenvalue weighted by molar-refractivity contribution is 0.0397. The summed E-state index contributed by atoms with van der Waals surface area (Å²) in [5.41, 5.74) is 1.86. The normalized spacial score (nSPS) is 17.8. The summed E-state index contributed by atoms with van der Waals surface area (Å²) in [6, 6.07) is 9.77. The highest BCUT2D eigenvalue weighted by Gasteiger charge is 2.25. The maximum atomic E-state index is 12.3. The molecule has 1 fully saturated rings. The second-order valence-electron chi connectivity index (χ2n) is 6.27. The molecule has 1 aromatic carbocycles. The van der Waals surface area contributed by atoms with Crippen LogP contribution in [0.25, 0.3) is 4.96 Å². The average Bonchev–Trinajstić information content (AvgIpc) is 3.08. The third kappa shape index (κ3) is 3.54. The summed E-state index contributed by atoms with van der Waals surface area (Å²) in [4.78, 5) is 19.7. The lowest BCUT2D eigenvalue weighted by atomic mass is 10.1. The Morgan fingerprint density at radius 3 is 2.92 bits per heavy atom. The van der Waals surface area contributed by atoms with Crippen molar-refractivity contribution in [2.24, 2.45) is 0 Å². The lowest BCUT2D eigenvalue weighted by Crippen LogP contribution is -2.38. The van der Waals surface area contributed by atoms with E-state index < -0.39 is 0 Å². The van der Waals surface area contributed by atoms with Crippen molar-refractivity contribution in [3.8, 4) is 0 Å². The van der Waals surface area contributed by atoms with Crippen LogP contribution in [0.4, 0.5) is 5.13 Å². The highest BCUT2D eigenvalue weighted by Crippen LogP contribution is 2.29. The monoisotopic (exact) mass is 434 g/mol. The number of fused-ring (bicyclic) bond motifs is 1. The minimum Gasteiger partial charge on any atom is -0.370 e. The summed E-state index contributed by atoms with van der Waals surface area (Å²) in [7, 11) is 0. The Bertz CT molecular complexity index is 969. The number of hydrogen-bond donors (Lipinski definition) is 0. The summed E-state index contributed by atoms with van der Waals surface area (Å²) in [6.45, 7) is 4.17. The molecule has 1 aliphatic heterocycles. The number of aryl methyl sites for hydroxylation is 1. The molecule has 0 aliphatic carbocycles. The minimum absolute atomic E-state index is 0.0100. The number of nitrogens with zero attached hydrogens (tertiary/aromatic N) is 4. The van der Waals surface area contributed by atoms with Gasteiger partial charge >= 0.3 is 0 Å². The van der Waals surface area contributed by atoms with Gasteiger partial charge in [-0.05, 0) is 24.1 Å². The molecule has 1 atom stereocenters. The van der Waals surface area contributed by atoms with Crippen molar-refractivity contribution < 1.29 is 4.74 Å². The van der Waals surface area contributed by atoms with E-state index >= 15 is 0 Å². The van der Waals surface area contributed by atoms with Crippen molar-refractivity contribution in [3.05, 3.63) is 56.4 Å². The predicted molar refractivity (Wildman–Crippen MR) is 106 cm³/mol. The molecular formula is C18H19BrN4O2S. The van der Waals surface area contributed by atoms with Gasteiger partial charge in [-0.3, -0.25) is 4.79 Å². The predicted octanol–water partition coefficient (Wildman–Crippen LogP) is 3.44. The maximum Gasteiger partial charge on any atom is 0.275 e. The molecule has 0 amide bonds. The number of morpholine rings is 1. The van der Waals surface area contributed by atoms with Crippen LogP contribution in [0.15, 0.2) is 39.6 Å². The fourth-order valence-electron chi connectivity index (χ4n) is 3.06. The molecule has 0 saturated carbocycles. The van der Waals surface area contributed by atoms with Crippen molar-refractivity contribution in [2.45, 2.75) is 25.9 Å². The quantitative estimate of drug-likeness (QED) is 0.629. The van der Waals surface area contributed by atoms with Gasteiger partial charge in [-0.15, -0.1) is 5.10 Å². The number of aromatic nitrogens is 3. The lowest BCUT2D eigenvalue weighted by Gasteiger charge is -2.32. The van der Waals surface area contributed by atoms with E-state index in [-0.39, 0.29) is 11.7 Å². The Balaban J connectivity index is 1.61. The zero-order valence-corrected chi connectivity index (χ0v) is 16.8. The van der Waals surface area contributed by atoms with E-state index in [1.807, 2.05) is 12.1 Å². The topological polar surface area (TPSA) is 59.7 Å². The van der Waals surface area contributed by atoms with E-state index in [4.69, 9.17) is 4.74 Å². The molecule has 0 spiro atoms. The zero-order chi connectivity index (χ0) is 18.1. The van der Waals surface area contributed by atoms with Crippen LogP contribution in [0.5, 0.6) is 0 Å². The van der Waals surface area contributed by atoms with Gasteiger partial charge in [0.05, 0.1) is 13.2 Å². The Hall–Kier alpha value is -1.77. The molecule has 26 heavy (non-hydrogen) atoms. The van der Waals surface area contributed by atoms with Crippen LogP contribution >= 0.6 is 27.3 Å². The largest absolute Gasteiger partial charge is 0.370 e. The first kappa shape index (κ1) is 17.6. The van der Waals surface area contributed by atoms with Gasteiger partial charge in [-0.1, -0.05) is 52.7 Å². The Labute approximate surface area is 163 Å². The SMILES string of the molecule is CCCc1cc(=O)n2nc(N3CCOC(c4ccc(Br)cc4)C3)sc2n1. The van der Waals surface area contributed by atoms with Gasteiger partial charge < -0.3 is 9.64 Å². The van der Waals surface area contributed by atoms with Gasteiger partial charge in [0, 0.05) is 22.8 Å². The van der Waals surface area contributed by atoms with Crippen LogP contribution in [0, 0.1) is 0 Å². The van der Waals surface area contributed by atoms with Crippen molar-refractivity contribution in [2.75, 3.05) is 24.6 Å². The number of rotatable bonds is 4. The van der Waals surface area contributed by atoms with Crippen molar-refractivity contribution in [3.63, 3.8) is 0 Å². The van der Waals surface area contributed by atoms with Crippen LogP contribution in [0.2, 0.25) is 0 Å². The molecule has 1 aliphatic rings. The van der Waals surface area contributed by atoms with Crippen LogP contribution in [0.1, 0.15) is 30.7 Å². The number of halogens is 1. The Morgan fingerprint density at radius 2 is 2.15 bits per heavy atom. The van der Waals surface area contributed by atoms with Gasteiger partial charge in [-0.2, -0.15) is 4.52 Å². The number of hydrogen-bond acceptors (Lipinski definition) is 6. The summed E-state index contributed by atoms with van der Waals surface area (Å²) in [6.07, 6.45) is 1.76. The van der Waals surface area contributed by atoms with Crippen LogP contribution < -0.4 is 10.5 Å². The molecule has 1 unspecified atom stereocenters. The van der Waals surface area contributed by atoms with Crippen molar-refractivity contribution in [1.29, 1.82) is 0 Å². The van der Waals surface area contributed by atoms with E-state index in [1.54, 1.807) is 6.07 Å². The van der Waals surface area contributed by atoms with Gasteiger partial charge in [0.2, 0.25) is 10.1 Å². The first-order valence-corrected chi connectivity index (χ1v) is 10.3. The summed E-state index contributed by atoms with van der Waals surface area (Å²) < 4.78 is 8.40. The minimum atomic E-state index is -0.112. The van der Waals surface area contributed by atoms with Gasteiger partial charge in [0.1, 0.15) is 6.10 Å². The smallest absolute Gasteiger partial charge is 0.275 e. The number of anilines is 1. The van der Waals surface area contributed by atoms with Gasteiger partial charge in [0.25, 0.3) is 5.56 Å². The fraction of sp³-hybridized carbons (Fsp3) is 0.389. The summed E-state index contributed by atoms with van der Waals surface area (Å²) in [5, 5.41) is 5.32. The standard InChI is InChI=1S/C18H19BrN4O2S/c1-2-3-14-10-16(24)23-17(20-14)26-18(21-23)22-8-9-25-15(11-22)12-4-6-13(19)7-5-12/h4-7,10,15H,2-3,8-9,11H2,1H3. The molecule has 0 bridgehead atoms. The second-order valence-corrected chi connectivity index (χ2v) is 8.12. The second kappa shape index (κ2) is 7.46. The van der Waals surface area contributed by atoms with Gasteiger partial charge in [-0.25, -0.2) is 4.98 Å². The molecular weight excluding hydrogens is 416 g/mol. The first-order valence-electron chi connectivity index (χ1n) is 8.66. The number of benzene rings is 1. The molecule has 1 saturated heterocycles. The number of ether oxygens (including phenoxy) is 1. The molecule has 6 nitrogen and oxygen atoms in total. The van der Waals surface area contributed by atoms with Crippen molar-refractivity contribution >= 4 is 37.4 Å². The fourth-order valence-corrected chi connectivity index (χ4v) is 4.29. The van der Waals surface area contributed by atoms with E-state index in [1.165, 1.54) is 15.9 Å². The maximum absolute atomic E-state index is 12.3. The molecule has 0 N–H and O–H groups in total. The van der Waals surface area contributed by atoms with E-state index in [0.29, 0.717) is 18.1 Å². The molecule has 3 aromatic rings. The van der Waals surface area contributed by atoms with Crippen LogP contribution in [-0.4, -0.2) is 34.3 Å². The Kier molecular flexibility index (Phi) is 5.06. The highest BCUT2D eigenvalue weighted by atomic mass is 79.9. The third-order valence-corrected chi connectivity index (χ3v) is 5.87. The Morgan fingerprint density at radius 1 is 1.35 bits per heavy atom. The van der Waals surface area contributed by atoms with Gasteiger partial charge in [0.15, 0.2) is 0 Å². The molecule has 4 rings (SSSR count). The zero-order valence-electron chi connectivity index (χ0n) is 14.4.